The van der Waals surface area contributed by atoms with E-state index in [9.17, 15) is 13.2 Å². The Bertz CT molecular complexity index is 1190. The zero-order valence-corrected chi connectivity index (χ0v) is 23.0. The molecule has 2 aromatic carbocycles. The Labute approximate surface area is 220 Å². The molecule has 2 saturated heterocycles. The maximum atomic E-state index is 13.4. The summed E-state index contributed by atoms with van der Waals surface area (Å²) in [5.41, 5.74) is 3.40. The second-order valence-electron chi connectivity index (χ2n) is 9.87. The van der Waals surface area contributed by atoms with E-state index in [1.807, 2.05) is 38.1 Å². The highest BCUT2D eigenvalue weighted by atomic mass is 32.2. The Kier molecular flexibility index (Phi) is 8.90. The van der Waals surface area contributed by atoms with E-state index in [0.717, 1.165) is 23.1 Å². The van der Waals surface area contributed by atoms with Crippen LogP contribution in [0, 0.1) is 6.92 Å². The van der Waals surface area contributed by atoms with E-state index < -0.39 is 10.0 Å². The molecule has 37 heavy (non-hydrogen) atoms. The molecule has 0 aromatic heterocycles. The normalized spacial score (nSPS) is 20.9. The van der Waals surface area contributed by atoms with Crippen LogP contribution in [0.2, 0.25) is 0 Å². The van der Waals surface area contributed by atoms with Gasteiger partial charge in [0.15, 0.2) is 0 Å². The second kappa shape index (κ2) is 11.9. The van der Waals surface area contributed by atoms with Gasteiger partial charge in [0.2, 0.25) is 10.0 Å². The van der Waals surface area contributed by atoms with Crippen LogP contribution in [-0.4, -0.2) is 82.2 Å². The average molecular weight is 531 g/mol. The van der Waals surface area contributed by atoms with Gasteiger partial charge in [0.05, 0.1) is 18.8 Å². The number of hydrogen-bond acceptors (Lipinski definition) is 6. The third-order valence-electron chi connectivity index (χ3n) is 7.44. The molecular weight excluding hydrogens is 492 g/mol. The lowest BCUT2D eigenvalue weighted by atomic mass is 9.99. The van der Waals surface area contributed by atoms with E-state index in [0.29, 0.717) is 50.5 Å². The van der Waals surface area contributed by atoms with Crippen molar-refractivity contribution in [2.45, 2.75) is 57.1 Å². The van der Waals surface area contributed by atoms with Crippen molar-refractivity contribution in [1.29, 1.82) is 0 Å². The Morgan fingerprint density at radius 3 is 2.51 bits per heavy atom. The molecule has 0 spiro atoms. The molecule has 0 bridgehead atoms. The summed E-state index contributed by atoms with van der Waals surface area (Å²) in [6.45, 7) is 6.00. The van der Waals surface area contributed by atoms with Crippen molar-refractivity contribution in [1.82, 2.24) is 9.21 Å². The van der Waals surface area contributed by atoms with Crippen molar-refractivity contribution in [3.63, 3.8) is 0 Å². The lowest BCUT2D eigenvalue weighted by Gasteiger charge is -2.30. The highest BCUT2D eigenvalue weighted by Gasteiger charge is 2.38. The SMILES string of the molecule is CCc1cccc(C)c1C(=O)N1C[C@@H](OC)[C@H](Oc2cccc(CS(=O)(=O)N(C)C3CCOCC3)c2)C1. The van der Waals surface area contributed by atoms with Crippen LogP contribution < -0.4 is 4.74 Å². The number of benzene rings is 2. The zero-order chi connectivity index (χ0) is 26.6. The molecule has 0 aliphatic carbocycles. The molecule has 9 heteroatoms. The highest BCUT2D eigenvalue weighted by Crippen LogP contribution is 2.26. The van der Waals surface area contributed by atoms with E-state index in [2.05, 4.69) is 0 Å². The van der Waals surface area contributed by atoms with Crippen LogP contribution in [0.1, 0.15) is 46.8 Å². The number of aryl methyl sites for hydroxylation is 2. The van der Waals surface area contributed by atoms with Gasteiger partial charge in [-0.05, 0) is 55.0 Å². The van der Waals surface area contributed by atoms with Crippen molar-refractivity contribution in [3.05, 3.63) is 64.7 Å². The molecule has 0 N–H and O–H groups in total. The smallest absolute Gasteiger partial charge is 0.254 e. The van der Waals surface area contributed by atoms with Crippen molar-refractivity contribution < 1.29 is 27.4 Å². The van der Waals surface area contributed by atoms with Crippen molar-refractivity contribution >= 4 is 15.9 Å². The van der Waals surface area contributed by atoms with Gasteiger partial charge in [-0.2, -0.15) is 0 Å². The lowest BCUT2D eigenvalue weighted by molar-refractivity contribution is 0.0339. The van der Waals surface area contributed by atoms with E-state index in [4.69, 9.17) is 14.2 Å². The van der Waals surface area contributed by atoms with E-state index in [1.54, 1.807) is 37.3 Å². The molecule has 2 aliphatic rings. The van der Waals surface area contributed by atoms with Crippen molar-refractivity contribution in [2.75, 3.05) is 40.5 Å². The van der Waals surface area contributed by atoms with Gasteiger partial charge in [0.1, 0.15) is 18.0 Å². The van der Waals surface area contributed by atoms with Gasteiger partial charge in [-0.15, -0.1) is 0 Å². The largest absolute Gasteiger partial charge is 0.486 e. The molecule has 1 amide bonds. The number of likely N-dealkylation sites (tertiary alicyclic amines) is 1. The number of sulfonamides is 1. The summed E-state index contributed by atoms with van der Waals surface area (Å²) in [4.78, 5) is 15.2. The Balaban J connectivity index is 1.45. The van der Waals surface area contributed by atoms with E-state index in [1.165, 1.54) is 4.31 Å². The van der Waals surface area contributed by atoms with Gasteiger partial charge in [0.25, 0.3) is 5.91 Å². The first-order chi connectivity index (χ1) is 17.7. The minimum absolute atomic E-state index is 0.0147. The number of methoxy groups -OCH3 is 1. The third-order valence-corrected chi connectivity index (χ3v) is 9.31. The number of nitrogens with zero attached hydrogens (tertiary/aromatic N) is 2. The minimum atomic E-state index is -3.49. The maximum absolute atomic E-state index is 13.4. The summed E-state index contributed by atoms with van der Waals surface area (Å²) < 4.78 is 44.9. The zero-order valence-electron chi connectivity index (χ0n) is 22.2. The number of carbonyl (C=O) groups is 1. The molecule has 8 nitrogen and oxygen atoms in total. The predicted molar refractivity (Wildman–Crippen MR) is 142 cm³/mol. The first-order valence-corrected chi connectivity index (χ1v) is 14.5. The second-order valence-corrected chi connectivity index (χ2v) is 11.9. The maximum Gasteiger partial charge on any atom is 0.254 e. The summed E-state index contributed by atoms with van der Waals surface area (Å²) in [7, 11) is -0.219. The number of amides is 1. The molecule has 2 aliphatic heterocycles. The molecule has 2 atom stereocenters. The molecule has 4 rings (SSSR count). The standard InChI is InChI=1S/C28H38N2O6S/c1-5-22-10-6-8-20(2)27(22)28(31)30-17-25(34-4)26(18-30)36-24-11-7-9-21(16-24)19-37(32,33)29(3)23-12-14-35-15-13-23/h6-11,16,23,25-26H,5,12-15,17-19H2,1-4H3/t25-,26-/m1/s1. The van der Waals surface area contributed by atoms with Gasteiger partial charge < -0.3 is 19.1 Å². The first-order valence-electron chi connectivity index (χ1n) is 12.9. The lowest BCUT2D eigenvalue weighted by Crippen LogP contribution is -2.41. The number of carbonyl (C=O) groups excluding carboxylic acids is 1. The topological polar surface area (TPSA) is 85.4 Å². The quantitative estimate of drug-likeness (QED) is 0.494. The highest BCUT2D eigenvalue weighted by molar-refractivity contribution is 7.88. The third kappa shape index (κ3) is 6.34. The van der Waals surface area contributed by atoms with Crippen LogP contribution in [-0.2, 0) is 31.7 Å². The molecule has 2 aromatic rings. The van der Waals surface area contributed by atoms with Crippen LogP contribution in [0.4, 0.5) is 0 Å². The molecule has 0 unspecified atom stereocenters. The molecular formula is C28H38N2O6S. The van der Waals surface area contributed by atoms with Gasteiger partial charge >= 0.3 is 0 Å². The minimum Gasteiger partial charge on any atom is -0.486 e. The van der Waals surface area contributed by atoms with E-state index in [-0.39, 0.29) is 29.9 Å². The molecule has 2 heterocycles. The molecule has 0 radical (unpaired) electrons. The Hall–Kier alpha value is -2.46. The Morgan fingerprint density at radius 2 is 1.81 bits per heavy atom. The van der Waals surface area contributed by atoms with Crippen molar-refractivity contribution in [3.8, 4) is 5.75 Å². The van der Waals surface area contributed by atoms with Gasteiger partial charge in [-0.1, -0.05) is 37.3 Å². The monoisotopic (exact) mass is 530 g/mol. The molecule has 202 valence electrons. The first kappa shape index (κ1) is 27.6. The summed E-state index contributed by atoms with van der Waals surface area (Å²) in [6.07, 6.45) is 1.54. The summed E-state index contributed by atoms with van der Waals surface area (Å²) in [5, 5.41) is 0. The fraction of sp³-hybridized carbons (Fsp3) is 0.536. The van der Waals surface area contributed by atoms with Crippen molar-refractivity contribution in [2.24, 2.45) is 0 Å². The number of rotatable bonds is 9. The van der Waals surface area contributed by atoms with Crippen LogP contribution in [0.5, 0.6) is 5.75 Å². The van der Waals surface area contributed by atoms with Gasteiger partial charge in [0, 0.05) is 39.0 Å². The summed E-state index contributed by atoms with van der Waals surface area (Å²) in [5.74, 6) is 0.445. The van der Waals surface area contributed by atoms with Crippen LogP contribution in [0.25, 0.3) is 0 Å². The molecule has 0 saturated carbocycles. The fourth-order valence-corrected chi connectivity index (χ4v) is 6.68. The fourth-order valence-electron chi connectivity index (χ4n) is 5.21. The number of ether oxygens (including phenoxy) is 3. The summed E-state index contributed by atoms with van der Waals surface area (Å²) >= 11 is 0. The Morgan fingerprint density at radius 1 is 1.11 bits per heavy atom. The van der Waals surface area contributed by atoms with Crippen LogP contribution >= 0.6 is 0 Å². The van der Waals surface area contributed by atoms with Gasteiger partial charge in [-0.25, -0.2) is 12.7 Å². The van der Waals surface area contributed by atoms with E-state index >= 15 is 0 Å². The van der Waals surface area contributed by atoms with Gasteiger partial charge in [-0.3, -0.25) is 4.79 Å². The number of hydrogen-bond donors (Lipinski definition) is 0. The summed E-state index contributed by atoms with van der Waals surface area (Å²) in [6, 6.07) is 13.1. The van der Waals surface area contributed by atoms with Crippen LogP contribution in [0.15, 0.2) is 42.5 Å². The molecule has 2 fully saturated rings. The predicted octanol–water partition coefficient (Wildman–Crippen LogP) is 3.42. The average Bonchev–Trinajstić information content (AvgIpc) is 3.30. The van der Waals surface area contributed by atoms with Crippen LogP contribution in [0.3, 0.4) is 0 Å².